The molecule has 16 heavy (non-hydrogen) atoms. The molecule has 0 heterocycles. The second-order valence-electron chi connectivity index (χ2n) is 2.76. The van der Waals surface area contributed by atoms with Gasteiger partial charge in [-0.05, 0) is 11.6 Å². The predicted octanol–water partition coefficient (Wildman–Crippen LogP) is -1.48. The summed E-state index contributed by atoms with van der Waals surface area (Å²) in [6.07, 6.45) is 3.13. The van der Waals surface area contributed by atoms with E-state index in [1.54, 1.807) is 6.07 Å². The fourth-order valence-corrected chi connectivity index (χ4v) is 1.75. The molecule has 1 rings (SSSR count). The molecule has 0 aliphatic rings. The van der Waals surface area contributed by atoms with E-state index in [-0.39, 0.29) is 40.9 Å². The first kappa shape index (κ1) is 15.4. The van der Waals surface area contributed by atoms with E-state index in [0.29, 0.717) is 5.56 Å². The molecule has 0 radical (unpaired) electrons. The van der Waals surface area contributed by atoms with Gasteiger partial charge in [-0.25, -0.2) is 8.42 Å². The Morgan fingerprint density at radius 3 is 2.56 bits per heavy atom. The van der Waals surface area contributed by atoms with Crippen molar-refractivity contribution >= 4 is 16.2 Å². The fourth-order valence-electron chi connectivity index (χ4n) is 1.08. The first-order chi connectivity index (χ1) is 7.05. The molecule has 0 unspecified atom stereocenters. The number of hydrogen-bond acceptors (Lipinski definition) is 4. The molecular weight excluding hydrogens is 237 g/mol. The maximum atomic E-state index is 10.8. The first-order valence-electron chi connectivity index (χ1n) is 4.14. The summed E-state index contributed by atoms with van der Waals surface area (Å²) in [5.74, 6) is 0. The minimum absolute atomic E-state index is 0. The first-order valence-corrected chi connectivity index (χ1v) is 5.55. The van der Waals surface area contributed by atoms with Gasteiger partial charge in [0.15, 0.2) is 0 Å². The zero-order valence-electron chi connectivity index (χ0n) is 8.75. The van der Waals surface area contributed by atoms with Crippen molar-refractivity contribution in [2.24, 2.45) is 0 Å². The van der Waals surface area contributed by atoms with Gasteiger partial charge in [-0.15, -0.1) is 0 Å². The predicted molar refractivity (Wildman–Crippen MR) is 53.7 cm³/mol. The summed E-state index contributed by atoms with van der Waals surface area (Å²) in [6.45, 7) is 0. The topological polar surface area (TPSA) is 81.0 Å². The summed E-state index contributed by atoms with van der Waals surface area (Å²) in [4.78, 5) is -0.265. The molecule has 0 bridgehead atoms. The van der Waals surface area contributed by atoms with Crippen molar-refractivity contribution in [3.05, 3.63) is 35.9 Å². The van der Waals surface area contributed by atoms with Crippen LogP contribution in [0, 0.1) is 11.3 Å². The maximum absolute atomic E-state index is 10.8. The molecular formula is C10H8NNaO3S. The van der Waals surface area contributed by atoms with E-state index in [4.69, 9.17) is 5.26 Å². The molecule has 78 valence electrons. The van der Waals surface area contributed by atoms with Crippen LogP contribution >= 0.6 is 0 Å². The third kappa shape index (κ3) is 4.47. The van der Waals surface area contributed by atoms with Crippen LogP contribution in [-0.2, 0) is 10.1 Å². The van der Waals surface area contributed by atoms with Crippen molar-refractivity contribution < 1.29 is 42.5 Å². The summed E-state index contributed by atoms with van der Waals surface area (Å²) in [6, 6.07) is 7.74. The van der Waals surface area contributed by atoms with Gasteiger partial charge in [0.2, 0.25) is 0 Å². The Balaban J connectivity index is 0.00000225. The number of nitriles is 1. The fraction of sp³-hybridized carbons (Fsp3) is 0.100. The van der Waals surface area contributed by atoms with E-state index in [0.717, 1.165) is 0 Å². The summed E-state index contributed by atoms with van der Waals surface area (Å²) < 4.78 is 32.5. The number of hydrogen-bond donors (Lipinski definition) is 0. The standard InChI is InChI=1S/C10H9NO3S.Na/c11-8-4-3-6-9-5-1-2-7-10(9)15(12,13)14;/h1-3,5-7H,4H2,(H,12,13,14);/q;+1/p-1. The molecule has 0 N–H and O–H groups in total. The van der Waals surface area contributed by atoms with Crippen LogP contribution in [0.4, 0.5) is 0 Å². The molecule has 6 heteroatoms. The van der Waals surface area contributed by atoms with Gasteiger partial charge in [-0.3, -0.25) is 0 Å². The molecule has 0 saturated heterocycles. The van der Waals surface area contributed by atoms with E-state index < -0.39 is 10.1 Å². The molecule has 1 aromatic rings. The average molecular weight is 245 g/mol. The Hall–Kier alpha value is -0.640. The Morgan fingerprint density at radius 1 is 1.38 bits per heavy atom. The number of benzene rings is 1. The summed E-state index contributed by atoms with van der Waals surface area (Å²) >= 11 is 0. The van der Waals surface area contributed by atoms with E-state index in [9.17, 15) is 13.0 Å². The second kappa shape index (κ2) is 6.84. The minimum atomic E-state index is -4.45. The van der Waals surface area contributed by atoms with E-state index in [1.807, 2.05) is 6.07 Å². The zero-order valence-corrected chi connectivity index (χ0v) is 11.6. The molecule has 0 aliphatic carbocycles. The summed E-state index contributed by atoms with van der Waals surface area (Å²) in [7, 11) is -4.45. The third-order valence-electron chi connectivity index (χ3n) is 1.69. The monoisotopic (exact) mass is 245 g/mol. The normalized spacial score (nSPS) is 10.8. The van der Waals surface area contributed by atoms with E-state index in [1.165, 1.54) is 30.4 Å². The van der Waals surface area contributed by atoms with Crippen molar-refractivity contribution in [3.8, 4) is 6.07 Å². The van der Waals surface area contributed by atoms with Crippen LogP contribution in [0.15, 0.2) is 35.2 Å². The van der Waals surface area contributed by atoms with Crippen molar-refractivity contribution in [1.82, 2.24) is 0 Å². The maximum Gasteiger partial charge on any atom is 1.00 e. The Kier molecular flexibility index (Phi) is 6.56. The van der Waals surface area contributed by atoms with Gasteiger partial charge in [-0.2, -0.15) is 5.26 Å². The van der Waals surface area contributed by atoms with Crippen molar-refractivity contribution in [2.75, 3.05) is 0 Å². The van der Waals surface area contributed by atoms with Crippen molar-refractivity contribution in [2.45, 2.75) is 11.3 Å². The second-order valence-corrected chi connectivity index (χ2v) is 4.10. The van der Waals surface area contributed by atoms with E-state index in [2.05, 4.69) is 0 Å². The largest absolute Gasteiger partial charge is 1.00 e. The number of allylic oxidation sites excluding steroid dienone is 1. The van der Waals surface area contributed by atoms with Gasteiger partial charge < -0.3 is 4.55 Å². The Morgan fingerprint density at radius 2 is 2.00 bits per heavy atom. The van der Waals surface area contributed by atoms with Gasteiger partial charge in [0.05, 0.1) is 17.4 Å². The quantitative estimate of drug-likeness (QED) is 0.480. The summed E-state index contributed by atoms with van der Waals surface area (Å²) in [5, 5.41) is 8.29. The van der Waals surface area contributed by atoms with Crippen LogP contribution in [0.1, 0.15) is 12.0 Å². The molecule has 0 atom stereocenters. The van der Waals surface area contributed by atoms with Crippen molar-refractivity contribution in [1.29, 1.82) is 5.26 Å². The molecule has 0 aromatic heterocycles. The smallest absolute Gasteiger partial charge is 0.744 e. The molecule has 4 nitrogen and oxygen atoms in total. The van der Waals surface area contributed by atoms with Crippen LogP contribution in [0.5, 0.6) is 0 Å². The van der Waals surface area contributed by atoms with Gasteiger partial charge in [0.1, 0.15) is 10.1 Å². The van der Waals surface area contributed by atoms with Crippen LogP contribution in [0.2, 0.25) is 0 Å². The number of rotatable bonds is 3. The van der Waals surface area contributed by atoms with Gasteiger partial charge in [-0.1, -0.05) is 30.4 Å². The molecule has 1 aromatic carbocycles. The SMILES string of the molecule is N#CCC=Cc1ccccc1S(=O)(=O)[O-].[Na+]. The van der Waals surface area contributed by atoms with Crippen LogP contribution in [-0.4, -0.2) is 13.0 Å². The Bertz CT molecular complexity index is 517. The zero-order chi connectivity index (χ0) is 11.3. The molecule has 0 spiro atoms. The van der Waals surface area contributed by atoms with Crippen LogP contribution in [0.3, 0.4) is 0 Å². The van der Waals surface area contributed by atoms with Gasteiger partial charge >= 0.3 is 29.6 Å². The number of nitrogens with zero attached hydrogens (tertiary/aromatic N) is 1. The van der Waals surface area contributed by atoms with Crippen LogP contribution in [0.25, 0.3) is 6.08 Å². The molecule has 0 fully saturated rings. The van der Waals surface area contributed by atoms with Gasteiger partial charge in [0, 0.05) is 0 Å². The van der Waals surface area contributed by atoms with Gasteiger partial charge in [0.25, 0.3) is 0 Å². The Labute approximate surface area is 117 Å². The van der Waals surface area contributed by atoms with E-state index >= 15 is 0 Å². The molecule has 0 saturated carbocycles. The average Bonchev–Trinajstić information content (AvgIpc) is 2.17. The van der Waals surface area contributed by atoms with Crippen molar-refractivity contribution in [3.63, 3.8) is 0 Å². The molecule has 0 amide bonds. The minimum Gasteiger partial charge on any atom is -0.744 e. The van der Waals surface area contributed by atoms with Crippen LogP contribution < -0.4 is 29.6 Å². The summed E-state index contributed by atoms with van der Waals surface area (Å²) in [5.41, 5.74) is 0.308. The third-order valence-corrected chi connectivity index (χ3v) is 2.61. The molecule has 0 aliphatic heterocycles.